The molecular formula is C27H46N4O6. The van der Waals surface area contributed by atoms with Crippen molar-refractivity contribution in [2.24, 2.45) is 28.5 Å². The van der Waals surface area contributed by atoms with Crippen LogP contribution in [0.4, 0.5) is 0 Å². The van der Waals surface area contributed by atoms with Crippen LogP contribution in [-0.2, 0) is 16.0 Å². The summed E-state index contributed by atoms with van der Waals surface area (Å²) in [4.78, 5) is 15.8. The summed E-state index contributed by atoms with van der Waals surface area (Å²) >= 11 is 0. The van der Waals surface area contributed by atoms with Gasteiger partial charge in [-0.15, -0.1) is 0 Å². The Morgan fingerprint density at radius 2 is 2.00 bits per heavy atom. The fraction of sp³-hybridized carbons (Fsp3) is 0.704. The van der Waals surface area contributed by atoms with Crippen molar-refractivity contribution in [1.82, 2.24) is 10.6 Å². The molecule has 37 heavy (non-hydrogen) atoms. The molecule has 0 amide bonds. The van der Waals surface area contributed by atoms with Gasteiger partial charge in [0.05, 0.1) is 19.3 Å². The minimum atomic E-state index is -0.607. The average Bonchev–Trinajstić information content (AvgIpc) is 2.86. The van der Waals surface area contributed by atoms with Crippen LogP contribution in [0.1, 0.15) is 51.5 Å². The molecule has 0 aliphatic heterocycles. The lowest BCUT2D eigenvalue weighted by Gasteiger charge is -2.39. The molecule has 1 saturated carbocycles. The Kier molecular flexibility index (Phi) is 13.0. The number of guanidine groups is 1. The first-order chi connectivity index (χ1) is 17.6. The first-order valence-corrected chi connectivity index (χ1v) is 13.2. The molecule has 0 radical (unpaired) electrons. The van der Waals surface area contributed by atoms with E-state index in [-0.39, 0.29) is 23.6 Å². The first kappa shape index (κ1) is 30.7. The van der Waals surface area contributed by atoms with Gasteiger partial charge in [0.25, 0.3) is 0 Å². The molecule has 0 saturated heterocycles. The number of nitrogens with one attached hydrogen (secondary N) is 2. The number of hydrogen-bond acceptors (Lipinski definition) is 8. The van der Waals surface area contributed by atoms with Gasteiger partial charge in [-0.25, -0.2) is 0 Å². The highest BCUT2D eigenvalue weighted by atomic mass is 16.5. The van der Waals surface area contributed by atoms with Gasteiger partial charge >= 0.3 is 5.97 Å². The Labute approximate surface area is 220 Å². The standard InChI is InChI=1S/C27H46N4O6/c1-17(32)14-30-15-21-8-7-20(12-22(21)16-31-27(28)29-3)25(35)13-23(37-18(2)33)9-5-19-6-10-24(34)26(11-19)36-4/h6,10-11,17,20-23,25,30,32,34-35H,5,7-9,12-16H2,1-4H3,(H3,28,29,31)/t17-,20+,21-,22-,23+,25+/m0/s1. The number of benzene rings is 1. The number of carbonyl (C=O) groups excluding carboxylic acids is 1. The lowest BCUT2D eigenvalue weighted by Crippen LogP contribution is -2.44. The van der Waals surface area contributed by atoms with E-state index in [1.807, 2.05) is 6.07 Å². The van der Waals surface area contributed by atoms with Crippen molar-refractivity contribution in [1.29, 1.82) is 0 Å². The number of nitrogens with two attached hydrogens (primary N) is 1. The van der Waals surface area contributed by atoms with E-state index in [0.29, 0.717) is 50.0 Å². The van der Waals surface area contributed by atoms with Gasteiger partial charge in [-0.3, -0.25) is 9.79 Å². The Balaban J connectivity index is 2.00. The van der Waals surface area contributed by atoms with Crippen molar-refractivity contribution in [3.63, 3.8) is 0 Å². The number of aliphatic imine (C=N–C) groups is 1. The number of nitrogens with zero attached hydrogens (tertiary/aromatic N) is 1. The monoisotopic (exact) mass is 522 g/mol. The summed E-state index contributed by atoms with van der Waals surface area (Å²) in [7, 11) is 3.14. The SMILES string of the molecule is CN=C(N)NC[C@@H]1C[C@H]([C@H](O)C[C@@H](CCc2ccc(O)c(OC)c2)OC(C)=O)CC[C@H]1CNC[C@H](C)O. The summed E-state index contributed by atoms with van der Waals surface area (Å²) in [5.74, 6) is 1.22. The third-order valence-electron chi connectivity index (χ3n) is 7.19. The third-order valence-corrected chi connectivity index (χ3v) is 7.19. The predicted octanol–water partition coefficient (Wildman–Crippen LogP) is 1.55. The molecule has 0 aromatic heterocycles. The maximum absolute atomic E-state index is 11.8. The number of phenolic OH excluding ortho intramolecular Hbond substituents is 1. The van der Waals surface area contributed by atoms with Gasteiger partial charge < -0.3 is 41.2 Å². The molecule has 1 aromatic rings. The Bertz CT molecular complexity index is 865. The van der Waals surface area contributed by atoms with Crippen molar-refractivity contribution in [2.45, 2.75) is 70.7 Å². The fourth-order valence-corrected chi connectivity index (χ4v) is 5.15. The Morgan fingerprint density at radius 1 is 1.24 bits per heavy atom. The van der Waals surface area contributed by atoms with Crippen LogP contribution in [0.3, 0.4) is 0 Å². The minimum Gasteiger partial charge on any atom is -0.504 e. The van der Waals surface area contributed by atoms with Gasteiger partial charge in [0.1, 0.15) is 6.10 Å². The van der Waals surface area contributed by atoms with Crippen molar-refractivity contribution >= 4 is 11.9 Å². The van der Waals surface area contributed by atoms with Crippen LogP contribution in [0, 0.1) is 17.8 Å². The van der Waals surface area contributed by atoms with E-state index >= 15 is 0 Å². The van der Waals surface area contributed by atoms with E-state index in [1.165, 1.54) is 14.0 Å². The summed E-state index contributed by atoms with van der Waals surface area (Å²) in [6, 6.07) is 5.17. The maximum Gasteiger partial charge on any atom is 0.302 e. The Hall–Kier alpha value is -2.56. The molecule has 6 atom stereocenters. The minimum absolute atomic E-state index is 0.0749. The van der Waals surface area contributed by atoms with Gasteiger partial charge in [-0.2, -0.15) is 0 Å². The molecule has 1 aliphatic carbocycles. The van der Waals surface area contributed by atoms with Crippen LogP contribution in [0.25, 0.3) is 0 Å². The number of carbonyl (C=O) groups is 1. The highest BCUT2D eigenvalue weighted by Crippen LogP contribution is 2.37. The van der Waals surface area contributed by atoms with E-state index in [9.17, 15) is 20.1 Å². The van der Waals surface area contributed by atoms with Crippen molar-refractivity contribution in [3.05, 3.63) is 23.8 Å². The highest BCUT2D eigenvalue weighted by molar-refractivity contribution is 5.77. The van der Waals surface area contributed by atoms with Crippen LogP contribution >= 0.6 is 0 Å². The summed E-state index contributed by atoms with van der Waals surface area (Å²) in [6.07, 6.45) is 2.73. The van der Waals surface area contributed by atoms with Crippen molar-refractivity contribution in [3.8, 4) is 11.5 Å². The number of aryl methyl sites for hydroxylation is 1. The van der Waals surface area contributed by atoms with Crippen molar-refractivity contribution in [2.75, 3.05) is 33.8 Å². The highest BCUT2D eigenvalue weighted by Gasteiger charge is 2.35. The molecule has 1 aliphatic rings. The smallest absolute Gasteiger partial charge is 0.302 e. The zero-order chi connectivity index (χ0) is 27.4. The number of aromatic hydroxyl groups is 1. The number of aliphatic hydroxyl groups excluding tert-OH is 2. The number of esters is 1. The first-order valence-electron chi connectivity index (χ1n) is 13.2. The number of aliphatic hydroxyl groups is 2. The second-order valence-electron chi connectivity index (χ2n) is 10.2. The lowest BCUT2D eigenvalue weighted by atomic mass is 9.71. The van der Waals surface area contributed by atoms with Crippen LogP contribution < -0.4 is 21.1 Å². The van der Waals surface area contributed by atoms with Gasteiger partial charge in [-0.1, -0.05) is 6.07 Å². The molecular weight excluding hydrogens is 476 g/mol. The number of ether oxygens (including phenoxy) is 2. The molecule has 0 heterocycles. The lowest BCUT2D eigenvalue weighted by molar-refractivity contribution is -0.148. The number of rotatable bonds is 14. The molecule has 7 N–H and O–H groups in total. The predicted molar refractivity (Wildman–Crippen MR) is 144 cm³/mol. The van der Waals surface area contributed by atoms with E-state index in [1.54, 1.807) is 26.1 Å². The molecule has 1 aromatic carbocycles. The zero-order valence-electron chi connectivity index (χ0n) is 22.7. The van der Waals surface area contributed by atoms with Gasteiger partial charge in [0.2, 0.25) is 0 Å². The molecule has 2 rings (SSSR count). The zero-order valence-corrected chi connectivity index (χ0v) is 22.7. The van der Waals surface area contributed by atoms with E-state index in [2.05, 4.69) is 15.6 Å². The topological polar surface area (TPSA) is 159 Å². The molecule has 0 spiro atoms. The summed E-state index contributed by atoms with van der Waals surface area (Å²) in [5, 5.41) is 37.1. The fourth-order valence-electron chi connectivity index (χ4n) is 5.15. The summed E-state index contributed by atoms with van der Waals surface area (Å²) in [6.45, 7) is 5.13. The van der Waals surface area contributed by atoms with E-state index in [4.69, 9.17) is 15.2 Å². The second kappa shape index (κ2) is 15.6. The van der Waals surface area contributed by atoms with Gasteiger partial charge in [-0.05, 0) is 81.0 Å². The molecule has 0 unspecified atom stereocenters. The molecule has 210 valence electrons. The van der Waals surface area contributed by atoms with Crippen LogP contribution in [0.5, 0.6) is 11.5 Å². The summed E-state index contributed by atoms with van der Waals surface area (Å²) in [5.41, 5.74) is 6.81. The number of methoxy groups -OCH3 is 1. The van der Waals surface area contributed by atoms with Crippen LogP contribution in [0.2, 0.25) is 0 Å². The maximum atomic E-state index is 11.8. The van der Waals surface area contributed by atoms with Crippen LogP contribution in [0.15, 0.2) is 23.2 Å². The average molecular weight is 523 g/mol. The van der Waals surface area contributed by atoms with E-state index < -0.39 is 18.3 Å². The number of hydrogen-bond donors (Lipinski definition) is 6. The normalized spacial score (nSPS) is 22.6. The largest absolute Gasteiger partial charge is 0.504 e. The van der Waals surface area contributed by atoms with Gasteiger partial charge in [0, 0.05) is 33.5 Å². The summed E-state index contributed by atoms with van der Waals surface area (Å²) < 4.78 is 10.8. The third kappa shape index (κ3) is 10.8. The van der Waals surface area contributed by atoms with E-state index in [0.717, 1.165) is 31.4 Å². The van der Waals surface area contributed by atoms with Gasteiger partial charge in [0.15, 0.2) is 17.5 Å². The number of phenols is 1. The molecule has 10 heteroatoms. The molecule has 10 nitrogen and oxygen atoms in total. The van der Waals surface area contributed by atoms with Crippen LogP contribution in [-0.4, -0.2) is 79.4 Å². The Morgan fingerprint density at radius 3 is 2.65 bits per heavy atom. The quantitative estimate of drug-likeness (QED) is 0.121. The molecule has 1 fully saturated rings. The second-order valence-corrected chi connectivity index (χ2v) is 10.2. The molecule has 0 bridgehead atoms. The van der Waals surface area contributed by atoms with Crippen molar-refractivity contribution < 1.29 is 29.6 Å².